The molecule has 1 aromatic rings. The Morgan fingerprint density at radius 1 is 1.27 bits per heavy atom. The number of nitrogens with one attached hydrogen (secondary N) is 2. The fourth-order valence-corrected chi connectivity index (χ4v) is 8.49. The molecule has 4 fully saturated rings. The molecule has 10 heteroatoms. The highest BCUT2D eigenvalue weighted by Gasteiger charge is 2.57. The number of carbonyl (C=O) groups excluding carboxylic acids is 2. The zero-order valence-electron chi connectivity index (χ0n) is 28.2. The van der Waals surface area contributed by atoms with Gasteiger partial charge in [0.25, 0.3) is 5.91 Å². The molecule has 45 heavy (non-hydrogen) atoms. The van der Waals surface area contributed by atoms with E-state index in [0.29, 0.717) is 40.9 Å². The number of fused-ring (bicyclic) bond motifs is 2. The number of hydrogen-bond donors (Lipinski definition) is 4. The maximum Gasteiger partial charge on any atom is 0.250 e. The normalized spacial score (nSPS) is 33.1. The topological polar surface area (TPSA) is 129 Å². The summed E-state index contributed by atoms with van der Waals surface area (Å²) in [7, 11) is 7.27. The van der Waals surface area contributed by atoms with Crippen LogP contribution in [-0.2, 0) is 21.0 Å². The van der Waals surface area contributed by atoms with Gasteiger partial charge in [0, 0.05) is 48.3 Å². The molecule has 0 aromatic heterocycles. The van der Waals surface area contributed by atoms with Gasteiger partial charge >= 0.3 is 0 Å². The molecule has 1 heterocycles. The van der Waals surface area contributed by atoms with Gasteiger partial charge in [0.1, 0.15) is 11.8 Å². The predicted molar refractivity (Wildman–Crippen MR) is 175 cm³/mol. The first-order valence-corrected chi connectivity index (χ1v) is 16.4. The molecule has 5 aliphatic rings. The molecule has 1 unspecified atom stereocenters. The Bertz CT molecular complexity index is 1340. The molecule has 1 aliphatic heterocycles. The number of nitrogens with two attached hydrogens (primary N) is 1. The zero-order valence-corrected chi connectivity index (χ0v) is 28.2. The van der Waals surface area contributed by atoms with Crippen LogP contribution in [0.25, 0.3) is 5.57 Å². The summed E-state index contributed by atoms with van der Waals surface area (Å²) in [5.74, 6) is 1.47. The van der Waals surface area contributed by atoms with Crippen molar-refractivity contribution >= 4 is 17.4 Å². The molecule has 1 aromatic carbocycles. The molecular formula is C35H53N5O5. The first-order valence-electron chi connectivity index (χ1n) is 16.4. The van der Waals surface area contributed by atoms with Crippen LogP contribution >= 0.6 is 0 Å². The van der Waals surface area contributed by atoms with Crippen LogP contribution in [0.4, 0.5) is 0 Å². The fourth-order valence-electron chi connectivity index (χ4n) is 8.49. The standard InChI is InChI=1S/C35H53N5O5/c1-19-27-15-24(35(27,3)4)16-28(19)38-34(43)31-30(20(2)41)29(17-36)45-40(31)18-21-10-9-11-26(32(21)44-8)22-12-23(33(42)37-5)14-25(13-22)39(6)7/h9-12,14,19-20,24-25,27-31,41H,13,15-18,36H2,1-8H3,(H,37,42)(H,38,43)/t19-,20-,24-,25?,27-,28-,29-,30+,31-/m0/s1. The Morgan fingerprint density at radius 2 is 2.00 bits per heavy atom. The highest BCUT2D eigenvalue weighted by Crippen LogP contribution is 2.61. The Balaban J connectivity index is 1.44. The minimum absolute atomic E-state index is 0.0385. The van der Waals surface area contributed by atoms with E-state index < -0.39 is 24.2 Å². The number of ether oxygens (including phenoxy) is 1. The molecule has 4 aliphatic carbocycles. The third-order valence-corrected chi connectivity index (χ3v) is 11.4. The molecule has 3 saturated carbocycles. The van der Waals surface area contributed by atoms with Crippen molar-refractivity contribution in [1.29, 1.82) is 0 Å². The SMILES string of the molecule is CNC(=O)C1=CC(N(C)C)CC(c2cccc(CN3O[C@@H](CN)[C@@H]([C@H](C)O)[C@H]3C(=O)N[C@H]3C[C@@H]4C[C@@H]([C@@H]3C)C4(C)C)c2OC)=C1. The number of para-hydroxylation sites is 1. The second-order valence-corrected chi connectivity index (χ2v) is 14.4. The summed E-state index contributed by atoms with van der Waals surface area (Å²) in [6.07, 6.45) is 5.51. The third-order valence-electron chi connectivity index (χ3n) is 11.4. The molecule has 2 amide bonds. The lowest BCUT2D eigenvalue weighted by Crippen LogP contribution is -2.62. The van der Waals surface area contributed by atoms with Crippen LogP contribution in [0.15, 0.2) is 35.9 Å². The molecule has 1 saturated heterocycles. The lowest BCUT2D eigenvalue weighted by molar-refractivity contribution is -0.175. The highest BCUT2D eigenvalue weighted by molar-refractivity contribution is 5.99. The zero-order chi connectivity index (χ0) is 32.8. The van der Waals surface area contributed by atoms with E-state index in [1.54, 1.807) is 26.1 Å². The van der Waals surface area contributed by atoms with Gasteiger partial charge in [-0.1, -0.05) is 45.0 Å². The minimum Gasteiger partial charge on any atom is -0.496 e. The van der Waals surface area contributed by atoms with E-state index in [0.717, 1.165) is 23.1 Å². The largest absolute Gasteiger partial charge is 0.496 e. The number of nitrogens with zero attached hydrogens (tertiary/aromatic N) is 2. The van der Waals surface area contributed by atoms with E-state index in [1.165, 1.54) is 6.42 Å². The molecule has 0 spiro atoms. The smallest absolute Gasteiger partial charge is 0.250 e. The average molecular weight is 624 g/mol. The Kier molecular flexibility index (Phi) is 9.82. The van der Waals surface area contributed by atoms with Gasteiger partial charge in [0.2, 0.25) is 5.91 Å². The number of hydrogen-bond acceptors (Lipinski definition) is 8. The molecule has 9 atom stereocenters. The Hall–Kier alpha value is -2.76. The van der Waals surface area contributed by atoms with Crippen molar-refractivity contribution in [3.63, 3.8) is 0 Å². The van der Waals surface area contributed by atoms with Gasteiger partial charge in [-0.15, -0.1) is 0 Å². The summed E-state index contributed by atoms with van der Waals surface area (Å²) in [4.78, 5) is 35.2. The van der Waals surface area contributed by atoms with Gasteiger partial charge < -0.3 is 31.1 Å². The number of aliphatic hydroxyl groups is 1. The van der Waals surface area contributed by atoms with E-state index in [9.17, 15) is 14.7 Å². The van der Waals surface area contributed by atoms with E-state index in [1.807, 2.05) is 44.4 Å². The predicted octanol–water partition coefficient (Wildman–Crippen LogP) is 2.71. The minimum atomic E-state index is -0.797. The number of carbonyl (C=O) groups is 2. The van der Waals surface area contributed by atoms with Crippen molar-refractivity contribution in [3.8, 4) is 5.75 Å². The van der Waals surface area contributed by atoms with Gasteiger partial charge in [0.05, 0.1) is 25.9 Å². The van der Waals surface area contributed by atoms with Gasteiger partial charge in [-0.3, -0.25) is 14.4 Å². The van der Waals surface area contributed by atoms with E-state index >= 15 is 0 Å². The molecule has 248 valence electrons. The monoisotopic (exact) mass is 623 g/mol. The summed E-state index contributed by atoms with van der Waals surface area (Å²) in [5.41, 5.74) is 9.76. The van der Waals surface area contributed by atoms with Crippen molar-refractivity contribution in [2.75, 3.05) is 34.8 Å². The van der Waals surface area contributed by atoms with Gasteiger partial charge in [-0.2, -0.15) is 5.06 Å². The molecule has 5 N–H and O–H groups in total. The second kappa shape index (κ2) is 13.2. The lowest BCUT2D eigenvalue weighted by Gasteiger charge is -2.62. The van der Waals surface area contributed by atoms with E-state index in [-0.39, 0.29) is 37.0 Å². The number of amides is 2. The number of rotatable bonds is 10. The lowest BCUT2D eigenvalue weighted by atomic mass is 9.45. The summed E-state index contributed by atoms with van der Waals surface area (Å²) >= 11 is 0. The molecule has 6 rings (SSSR count). The Morgan fingerprint density at radius 3 is 2.58 bits per heavy atom. The summed E-state index contributed by atoms with van der Waals surface area (Å²) in [6, 6.07) is 5.34. The van der Waals surface area contributed by atoms with Crippen LogP contribution in [0.3, 0.4) is 0 Å². The Labute approximate surface area is 268 Å². The van der Waals surface area contributed by atoms with Crippen LogP contribution in [-0.4, -0.2) is 92.0 Å². The van der Waals surface area contributed by atoms with Gasteiger partial charge in [-0.05, 0) is 75.1 Å². The van der Waals surface area contributed by atoms with Gasteiger partial charge in [0.15, 0.2) is 0 Å². The second-order valence-electron chi connectivity index (χ2n) is 14.4. The summed E-state index contributed by atoms with van der Waals surface area (Å²) < 4.78 is 6.02. The van der Waals surface area contributed by atoms with Crippen LogP contribution in [0, 0.1) is 29.1 Å². The van der Waals surface area contributed by atoms with Crippen molar-refractivity contribution in [2.45, 2.75) is 83.8 Å². The highest BCUT2D eigenvalue weighted by atomic mass is 16.7. The van der Waals surface area contributed by atoms with Crippen molar-refractivity contribution in [1.82, 2.24) is 20.6 Å². The first kappa shape index (κ1) is 33.6. The fraction of sp³-hybridized carbons (Fsp3) is 0.657. The molecular weight excluding hydrogens is 570 g/mol. The number of methoxy groups -OCH3 is 1. The van der Waals surface area contributed by atoms with Crippen LogP contribution in [0.5, 0.6) is 5.75 Å². The average Bonchev–Trinajstić information content (AvgIpc) is 3.39. The van der Waals surface area contributed by atoms with Crippen LogP contribution in [0.1, 0.15) is 58.1 Å². The van der Waals surface area contributed by atoms with Crippen LogP contribution in [0.2, 0.25) is 0 Å². The van der Waals surface area contributed by atoms with Gasteiger partial charge in [-0.25, -0.2) is 0 Å². The summed E-state index contributed by atoms with van der Waals surface area (Å²) in [5, 5.41) is 18.7. The number of aliphatic hydroxyl groups excluding tert-OH is 1. The quantitative estimate of drug-likeness (QED) is 0.313. The first-order chi connectivity index (χ1) is 21.3. The number of benzene rings is 1. The van der Waals surface area contributed by atoms with Crippen molar-refractivity contribution < 1.29 is 24.3 Å². The molecule has 0 radical (unpaired) electrons. The van der Waals surface area contributed by atoms with E-state index in [2.05, 4.69) is 36.3 Å². The third kappa shape index (κ3) is 6.20. The molecule has 10 nitrogen and oxygen atoms in total. The number of likely N-dealkylation sites (N-methyl/N-ethyl adjacent to an activating group) is 2. The maximum absolute atomic E-state index is 14.1. The molecule has 2 bridgehead atoms. The maximum atomic E-state index is 14.1. The van der Waals surface area contributed by atoms with E-state index in [4.69, 9.17) is 15.3 Å². The summed E-state index contributed by atoms with van der Waals surface area (Å²) in [6.45, 7) is 9.10. The van der Waals surface area contributed by atoms with Crippen molar-refractivity contribution in [2.24, 2.45) is 34.8 Å². The van der Waals surface area contributed by atoms with Crippen molar-refractivity contribution in [3.05, 3.63) is 47.1 Å². The van der Waals surface area contributed by atoms with Crippen LogP contribution < -0.4 is 21.1 Å². The number of hydroxylamine groups is 2.